The normalized spacial score (nSPS) is 10.9. The van der Waals surface area contributed by atoms with Gasteiger partial charge in [-0.15, -0.1) is 0 Å². The number of benzene rings is 2. The molecule has 0 aromatic heterocycles. The Morgan fingerprint density at radius 2 is 1.81 bits per heavy atom. The Kier molecular flexibility index (Phi) is 7.31. The number of esters is 1. The highest BCUT2D eigenvalue weighted by Crippen LogP contribution is 2.19. The lowest BCUT2D eigenvalue weighted by atomic mass is 10.2. The van der Waals surface area contributed by atoms with Crippen molar-refractivity contribution < 1.29 is 19.1 Å². The van der Waals surface area contributed by atoms with Crippen molar-refractivity contribution in [2.24, 2.45) is 0 Å². The molecule has 0 heterocycles. The van der Waals surface area contributed by atoms with Crippen LogP contribution >= 0.6 is 15.9 Å². The zero-order chi connectivity index (χ0) is 19.8. The van der Waals surface area contributed by atoms with Gasteiger partial charge in [0.2, 0.25) is 5.91 Å². The number of amides is 2. The third kappa shape index (κ3) is 6.71. The molecule has 2 amide bonds. The molecule has 2 N–H and O–H groups in total. The maximum Gasteiger partial charge on any atom is 0.355 e. The van der Waals surface area contributed by atoms with Crippen LogP contribution in [0.25, 0.3) is 6.08 Å². The van der Waals surface area contributed by atoms with Gasteiger partial charge in [-0.05, 0) is 42.3 Å². The van der Waals surface area contributed by atoms with Crippen molar-refractivity contribution in [1.82, 2.24) is 5.32 Å². The third-order valence-corrected chi connectivity index (χ3v) is 3.93. The Hall–Kier alpha value is -2.93. The predicted molar refractivity (Wildman–Crippen MR) is 107 cm³/mol. The monoisotopic (exact) mass is 430 g/mol. The van der Waals surface area contributed by atoms with Crippen LogP contribution < -0.4 is 10.6 Å². The summed E-state index contributed by atoms with van der Waals surface area (Å²) in [5.74, 6) is -1.68. The highest BCUT2D eigenvalue weighted by Gasteiger charge is 2.15. The number of hydrogen-bond donors (Lipinski definition) is 2. The fraction of sp³-hybridized carbons (Fsp3) is 0.150. The van der Waals surface area contributed by atoms with Crippen LogP contribution in [0.1, 0.15) is 18.1 Å². The number of carbonyl (C=O) groups is 3. The van der Waals surface area contributed by atoms with E-state index in [1.54, 1.807) is 36.4 Å². The van der Waals surface area contributed by atoms with Gasteiger partial charge in [-0.3, -0.25) is 9.59 Å². The summed E-state index contributed by atoms with van der Waals surface area (Å²) in [4.78, 5) is 35.7. The zero-order valence-electron chi connectivity index (χ0n) is 14.9. The maximum absolute atomic E-state index is 12.3. The molecule has 0 saturated heterocycles. The van der Waals surface area contributed by atoms with Crippen molar-refractivity contribution in [1.29, 1.82) is 0 Å². The minimum Gasteiger partial charge on any atom is -0.451 e. The largest absolute Gasteiger partial charge is 0.451 e. The third-order valence-electron chi connectivity index (χ3n) is 3.44. The molecule has 7 heteroatoms. The molecule has 0 fully saturated rings. The highest BCUT2D eigenvalue weighted by atomic mass is 79.9. The van der Waals surface area contributed by atoms with E-state index in [1.165, 1.54) is 13.0 Å². The topological polar surface area (TPSA) is 84.5 Å². The number of rotatable bonds is 6. The van der Waals surface area contributed by atoms with Gasteiger partial charge in [-0.25, -0.2) is 4.79 Å². The fourth-order valence-electron chi connectivity index (χ4n) is 2.21. The maximum atomic E-state index is 12.3. The Bertz CT molecular complexity index is 879. The Labute approximate surface area is 165 Å². The molecule has 0 aliphatic rings. The van der Waals surface area contributed by atoms with Gasteiger partial charge < -0.3 is 15.4 Å². The summed E-state index contributed by atoms with van der Waals surface area (Å²) in [6.07, 6.45) is 1.49. The van der Waals surface area contributed by atoms with Gasteiger partial charge in [0.1, 0.15) is 5.70 Å². The summed E-state index contributed by atoms with van der Waals surface area (Å²) in [5.41, 5.74) is 2.17. The molecule has 0 unspecified atom stereocenters. The predicted octanol–water partition coefficient (Wildman–Crippen LogP) is 3.42. The van der Waals surface area contributed by atoms with Gasteiger partial charge in [0.25, 0.3) is 5.91 Å². The van der Waals surface area contributed by atoms with E-state index in [9.17, 15) is 14.4 Å². The molecule has 0 atom stereocenters. The van der Waals surface area contributed by atoms with E-state index in [0.29, 0.717) is 11.3 Å². The van der Waals surface area contributed by atoms with Gasteiger partial charge in [0.15, 0.2) is 6.61 Å². The van der Waals surface area contributed by atoms with Crippen LogP contribution in [0.4, 0.5) is 5.69 Å². The van der Waals surface area contributed by atoms with Crippen molar-refractivity contribution >= 4 is 45.5 Å². The first kappa shape index (κ1) is 20.4. The lowest BCUT2D eigenvalue weighted by molar-refractivity contribution is -0.144. The fourth-order valence-corrected chi connectivity index (χ4v) is 2.69. The van der Waals surface area contributed by atoms with Crippen LogP contribution in [0.2, 0.25) is 0 Å². The van der Waals surface area contributed by atoms with Crippen molar-refractivity contribution in [3.63, 3.8) is 0 Å². The first-order valence-corrected chi connectivity index (χ1v) is 8.92. The van der Waals surface area contributed by atoms with E-state index in [4.69, 9.17) is 4.74 Å². The Balaban J connectivity index is 2.01. The van der Waals surface area contributed by atoms with Crippen LogP contribution in [0.3, 0.4) is 0 Å². The van der Waals surface area contributed by atoms with Crippen molar-refractivity contribution in [2.45, 2.75) is 13.8 Å². The van der Waals surface area contributed by atoms with Gasteiger partial charge in [0, 0.05) is 17.1 Å². The average molecular weight is 431 g/mol. The van der Waals surface area contributed by atoms with Crippen LogP contribution in [-0.4, -0.2) is 24.4 Å². The molecule has 0 radical (unpaired) electrons. The van der Waals surface area contributed by atoms with Crippen molar-refractivity contribution in [3.05, 3.63) is 69.8 Å². The molecule has 6 nitrogen and oxygen atoms in total. The van der Waals surface area contributed by atoms with Gasteiger partial charge >= 0.3 is 5.97 Å². The number of nitrogens with one attached hydrogen (secondary N) is 2. The second-order valence-corrected chi connectivity index (χ2v) is 6.65. The van der Waals surface area contributed by atoms with Crippen molar-refractivity contribution in [2.75, 3.05) is 11.9 Å². The minimum atomic E-state index is -0.795. The second-order valence-electron chi connectivity index (χ2n) is 5.73. The van der Waals surface area contributed by atoms with E-state index in [-0.39, 0.29) is 5.70 Å². The molecular formula is C20H19BrN2O4. The molecule has 2 aromatic carbocycles. The number of aryl methyl sites for hydroxylation is 1. The Morgan fingerprint density at radius 3 is 2.44 bits per heavy atom. The van der Waals surface area contributed by atoms with E-state index in [1.807, 2.05) is 19.1 Å². The first-order valence-electron chi connectivity index (χ1n) is 8.12. The number of hydrogen-bond acceptors (Lipinski definition) is 4. The zero-order valence-corrected chi connectivity index (χ0v) is 16.5. The molecule has 0 aliphatic carbocycles. The van der Waals surface area contributed by atoms with Gasteiger partial charge in [-0.2, -0.15) is 0 Å². The number of halogens is 1. The first-order chi connectivity index (χ1) is 12.8. The van der Waals surface area contributed by atoms with E-state index < -0.39 is 24.4 Å². The summed E-state index contributed by atoms with van der Waals surface area (Å²) >= 11 is 3.35. The van der Waals surface area contributed by atoms with Crippen LogP contribution in [0.5, 0.6) is 0 Å². The van der Waals surface area contributed by atoms with E-state index >= 15 is 0 Å². The van der Waals surface area contributed by atoms with Crippen molar-refractivity contribution in [3.8, 4) is 0 Å². The quantitative estimate of drug-likeness (QED) is 0.543. The van der Waals surface area contributed by atoms with E-state index in [2.05, 4.69) is 26.6 Å². The Morgan fingerprint density at radius 1 is 1.11 bits per heavy atom. The van der Waals surface area contributed by atoms with Crippen LogP contribution in [0, 0.1) is 6.92 Å². The van der Waals surface area contributed by atoms with E-state index in [0.717, 1.165) is 10.0 Å². The standard InChI is InChI=1S/C20H19BrN2O4/c1-13-10-16(21)8-9-17(13)23-19(25)12-27-20(26)18(22-14(2)24)11-15-6-4-3-5-7-15/h3-11H,12H2,1-2H3,(H,22,24)(H,23,25)/b18-11-. The SMILES string of the molecule is CC(=O)N/C(=C\c1ccccc1)C(=O)OCC(=O)Nc1ccc(Br)cc1C. The number of carbonyl (C=O) groups excluding carboxylic acids is 3. The molecule has 2 rings (SSSR count). The second kappa shape index (κ2) is 9.68. The lowest BCUT2D eigenvalue weighted by Gasteiger charge is -2.11. The smallest absolute Gasteiger partial charge is 0.355 e. The molecule has 140 valence electrons. The lowest BCUT2D eigenvalue weighted by Crippen LogP contribution is -2.29. The molecule has 0 bridgehead atoms. The molecule has 0 saturated carbocycles. The summed E-state index contributed by atoms with van der Waals surface area (Å²) < 4.78 is 5.93. The van der Waals surface area contributed by atoms with Gasteiger partial charge in [0.05, 0.1) is 0 Å². The summed E-state index contributed by atoms with van der Waals surface area (Å²) in [7, 11) is 0. The number of anilines is 1. The molecule has 27 heavy (non-hydrogen) atoms. The summed E-state index contributed by atoms with van der Waals surface area (Å²) in [6.45, 7) is 2.67. The van der Waals surface area contributed by atoms with Crippen LogP contribution in [0.15, 0.2) is 58.7 Å². The summed E-state index contributed by atoms with van der Waals surface area (Å²) in [6, 6.07) is 14.4. The average Bonchev–Trinajstić information content (AvgIpc) is 2.62. The number of ether oxygens (including phenoxy) is 1. The summed E-state index contributed by atoms with van der Waals surface area (Å²) in [5, 5.41) is 5.11. The highest BCUT2D eigenvalue weighted by molar-refractivity contribution is 9.10. The minimum absolute atomic E-state index is 0.0404. The van der Waals surface area contributed by atoms with Gasteiger partial charge in [-0.1, -0.05) is 46.3 Å². The van der Waals surface area contributed by atoms with Crippen LogP contribution in [-0.2, 0) is 19.1 Å². The molecule has 2 aromatic rings. The molecular weight excluding hydrogens is 412 g/mol. The molecule has 0 spiro atoms. The molecule has 0 aliphatic heterocycles.